The number of likely N-dealkylation sites (N-methyl/N-ethyl adjacent to an activating group) is 1. The molecule has 268 valence electrons. The normalized spacial score (nSPS) is 16.0. The summed E-state index contributed by atoms with van der Waals surface area (Å²) in [6, 6.07) is 4.12. The van der Waals surface area contributed by atoms with Crippen LogP contribution in [0.4, 0.5) is 20.2 Å². The Morgan fingerprint density at radius 3 is 2.31 bits per heavy atom. The number of carbonyl (C=O) groups excluding carboxylic acids is 2. The quantitative estimate of drug-likeness (QED) is 0.240. The molecule has 1 N–H and O–H groups in total. The number of halogens is 3. The van der Waals surface area contributed by atoms with Crippen molar-refractivity contribution in [3.63, 3.8) is 0 Å². The van der Waals surface area contributed by atoms with E-state index in [0.717, 1.165) is 6.07 Å². The van der Waals surface area contributed by atoms with E-state index in [1.165, 1.54) is 45.0 Å². The Bertz CT molecular complexity index is 2110. The molecule has 2 aliphatic heterocycles. The van der Waals surface area contributed by atoms with Gasteiger partial charge in [0.25, 0.3) is 11.5 Å². The second kappa shape index (κ2) is 13.7. The molecule has 11 nitrogen and oxygen atoms in total. The molecule has 2 aromatic carbocycles. The Morgan fingerprint density at radius 2 is 1.73 bits per heavy atom. The number of benzene rings is 2. The summed E-state index contributed by atoms with van der Waals surface area (Å²) in [5, 5.41) is 10.7. The summed E-state index contributed by atoms with van der Waals surface area (Å²) >= 11 is 6.86. The number of aromatic nitrogens is 3. The number of rotatable bonds is 8. The minimum atomic E-state index is -1.06. The number of fused-ring (bicyclic) bond motifs is 5. The number of carbonyl (C=O) groups is 2. The SMILES string of the molecule is C=CC(=O)N1CCN2c3c(c(=O)n(-c4c(C(C)C)ncnc4C(C)C)c4c(F)c(-c5c(O)cccc5F)c(Cl)cc34)N(CCN(C)C)C(=O)[C@H]2C1. The van der Waals surface area contributed by atoms with Crippen molar-refractivity contribution >= 4 is 45.7 Å². The summed E-state index contributed by atoms with van der Waals surface area (Å²) < 4.78 is 34.3. The van der Waals surface area contributed by atoms with Crippen molar-refractivity contribution in [3.8, 4) is 22.6 Å². The van der Waals surface area contributed by atoms with Gasteiger partial charge in [-0.05, 0) is 50.2 Å². The predicted octanol–water partition coefficient (Wildman–Crippen LogP) is 5.44. The second-order valence-corrected chi connectivity index (χ2v) is 14.1. The Labute approximate surface area is 299 Å². The van der Waals surface area contributed by atoms with Gasteiger partial charge in [-0.25, -0.2) is 18.7 Å². The highest BCUT2D eigenvalue weighted by atomic mass is 35.5. The van der Waals surface area contributed by atoms with Crippen molar-refractivity contribution in [1.29, 1.82) is 0 Å². The van der Waals surface area contributed by atoms with Gasteiger partial charge in [0.1, 0.15) is 29.6 Å². The van der Waals surface area contributed by atoms with Crippen LogP contribution in [-0.4, -0.2) is 94.1 Å². The number of nitrogens with zero attached hydrogens (tertiary/aromatic N) is 7. The first-order valence-corrected chi connectivity index (χ1v) is 17.1. The van der Waals surface area contributed by atoms with Crippen LogP contribution in [0, 0.1) is 11.6 Å². The molecule has 0 aliphatic carbocycles. The van der Waals surface area contributed by atoms with E-state index >= 15 is 13.6 Å². The fraction of sp³-hybridized carbons (Fsp3) is 0.378. The van der Waals surface area contributed by atoms with E-state index in [9.17, 15) is 14.7 Å². The van der Waals surface area contributed by atoms with Gasteiger partial charge >= 0.3 is 0 Å². The molecule has 0 unspecified atom stereocenters. The molecular weight excluding hydrogens is 680 g/mol. The Balaban J connectivity index is 1.83. The largest absolute Gasteiger partial charge is 0.507 e. The van der Waals surface area contributed by atoms with Crippen LogP contribution in [0.2, 0.25) is 5.02 Å². The topological polar surface area (TPSA) is 115 Å². The number of aromatic hydroxyl groups is 1. The average Bonchev–Trinajstić information content (AvgIpc) is 3.08. The summed E-state index contributed by atoms with van der Waals surface area (Å²) in [5.74, 6) is -3.77. The van der Waals surface area contributed by atoms with E-state index in [1.807, 2.05) is 46.7 Å². The summed E-state index contributed by atoms with van der Waals surface area (Å²) in [4.78, 5) is 58.2. The Hall–Kier alpha value is -4.88. The fourth-order valence-electron chi connectivity index (χ4n) is 7.07. The molecule has 2 amide bonds. The van der Waals surface area contributed by atoms with Gasteiger partial charge in [0, 0.05) is 37.1 Å². The molecule has 6 rings (SSSR count). The number of hydrogen-bond donors (Lipinski definition) is 1. The lowest BCUT2D eigenvalue weighted by molar-refractivity contribution is -0.128. The number of pyridine rings is 1. The number of hydrogen-bond acceptors (Lipinski definition) is 8. The summed E-state index contributed by atoms with van der Waals surface area (Å²) in [5.41, 5.74) is -0.422. The molecule has 1 atom stereocenters. The molecule has 4 aromatic rings. The van der Waals surface area contributed by atoms with E-state index in [4.69, 9.17) is 11.6 Å². The van der Waals surface area contributed by atoms with Gasteiger partial charge < -0.3 is 24.7 Å². The molecular formula is C37H40ClF2N7O4. The van der Waals surface area contributed by atoms with Gasteiger partial charge in [-0.3, -0.25) is 19.0 Å². The van der Waals surface area contributed by atoms with Crippen LogP contribution >= 0.6 is 11.6 Å². The van der Waals surface area contributed by atoms with Crippen LogP contribution in [0.15, 0.2) is 48.0 Å². The number of piperazine rings is 1. The third-order valence-electron chi connectivity index (χ3n) is 9.48. The first-order chi connectivity index (χ1) is 24.2. The van der Waals surface area contributed by atoms with Crippen molar-refractivity contribution in [1.82, 2.24) is 24.3 Å². The van der Waals surface area contributed by atoms with Crippen molar-refractivity contribution in [2.75, 3.05) is 56.6 Å². The van der Waals surface area contributed by atoms with Crippen LogP contribution in [0.25, 0.3) is 27.7 Å². The first-order valence-electron chi connectivity index (χ1n) is 16.8. The molecule has 1 saturated heterocycles. The summed E-state index contributed by atoms with van der Waals surface area (Å²) in [7, 11) is 3.68. The third-order valence-corrected chi connectivity index (χ3v) is 9.78. The number of phenolic OH excluding ortho intramolecular Hbond substituents is 1. The highest BCUT2D eigenvalue weighted by molar-refractivity contribution is 6.35. The Kier molecular flexibility index (Phi) is 9.64. The van der Waals surface area contributed by atoms with E-state index in [2.05, 4.69) is 16.5 Å². The highest BCUT2D eigenvalue weighted by Crippen LogP contribution is 2.48. The van der Waals surface area contributed by atoms with Crippen molar-refractivity contribution in [2.24, 2.45) is 0 Å². The van der Waals surface area contributed by atoms with E-state index in [0.29, 0.717) is 17.9 Å². The number of phenols is 1. The lowest BCUT2D eigenvalue weighted by Crippen LogP contribution is -2.64. The van der Waals surface area contributed by atoms with Gasteiger partial charge in [0.15, 0.2) is 5.82 Å². The molecule has 14 heteroatoms. The maximum atomic E-state index is 17.7. The van der Waals surface area contributed by atoms with Gasteiger partial charge in [0.2, 0.25) is 5.91 Å². The standard InChI is InChI=1S/C37H40ClF2N7O4/c1-8-26(49)44-13-15-45-24(17-44)36(50)46(14-12-43(6)7)35-33(45)21-16-22(38)27(28-23(39)10-9-11-25(28)48)29(40)32(21)47(37(35)51)34-30(19(2)3)41-18-42-31(34)20(4)5/h8-11,16,18-20,24,48H,1,12-15,17H2,2-7H3/t24-/m1/s1. The Morgan fingerprint density at radius 1 is 1.06 bits per heavy atom. The van der Waals surface area contributed by atoms with Crippen LogP contribution in [0.1, 0.15) is 50.9 Å². The third kappa shape index (κ3) is 5.91. The molecule has 2 aromatic heterocycles. The lowest BCUT2D eigenvalue weighted by Gasteiger charge is -2.48. The molecule has 0 saturated carbocycles. The maximum absolute atomic E-state index is 17.7. The zero-order chi connectivity index (χ0) is 37.0. The van der Waals surface area contributed by atoms with Gasteiger partial charge in [-0.2, -0.15) is 0 Å². The molecule has 1 fully saturated rings. The fourth-order valence-corrected chi connectivity index (χ4v) is 7.35. The monoisotopic (exact) mass is 719 g/mol. The van der Waals surface area contributed by atoms with E-state index in [-0.39, 0.29) is 76.9 Å². The minimum Gasteiger partial charge on any atom is -0.507 e. The van der Waals surface area contributed by atoms with Crippen LogP contribution < -0.4 is 15.4 Å². The van der Waals surface area contributed by atoms with Crippen LogP contribution in [-0.2, 0) is 9.59 Å². The van der Waals surface area contributed by atoms with Gasteiger partial charge in [0.05, 0.1) is 45.4 Å². The number of anilines is 2. The molecule has 4 heterocycles. The number of amides is 2. The van der Waals surface area contributed by atoms with E-state index in [1.54, 1.807) is 4.90 Å². The second-order valence-electron chi connectivity index (χ2n) is 13.7. The highest BCUT2D eigenvalue weighted by Gasteiger charge is 2.46. The summed E-state index contributed by atoms with van der Waals surface area (Å²) in [6.07, 6.45) is 2.58. The minimum absolute atomic E-state index is 0.00505. The smallest absolute Gasteiger partial charge is 0.281 e. The van der Waals surface area contributed by atoms with Crippen molar-refractivity contribution < 1.29 is 23.5 Å². The first kappa shape index (κ1) is 35.9. The predicted molar refractivity (Wildman–Crippen MR) is 194 cm³/mol. The molecule has 0 spiro atoms. The van der Waals surface area contributed by atoms with Crippen molar-refractivity contribution in [3.05, 3.63) is 81.6 Å². The zero-order valence-electron chi connectivity index (χ0n) is 29.4. The zero-order valence-corrected chi connectivity index (χ0v) is 30.1. The van der Waals surface area contributed by atoms with Crippen molar-refractivity contribution in [2.45, 2.75) is 45.6 Å². The summed E-state index contributed by atoms with van der Waals surface area (Å²) in [6.45, 7) is 12.0. The molecule has 2 aliphatic rings. The van der Waals surface area contributed by atoms with Gasteiger partial charge in [-0.1, -0.05) is 51.9 Å². The van der Waals surface area contributed by atoms with Crippen LogP contribution in [0.3, 0.4) is 0 Å². The maximum Gasteiger partial charge on any atom is 0.281 e. The molecule has 0 bridgehead atoms. The molecule has 0 radical (unpaired) electrons. The average molecular weight is 720 g/mol. The van der Waals surface area contributed by atoms with E-state index < -0.39 is 46.0 Å². The lowest BCUT2D eigenvalue weighted by atomic mass is 9.95. The van der Waals surface area contributed by atoms with Crippen LogP contribution in [0.5, 0.6) is 5.75 Å². The molecule has 51 heavy (non-hydrogen) atoms. The van der Waals surface area contributed by atoms with Gasteiger partial charge in [-0.15, -0.1) is 0 Å².